The zero-order valence-corrected chi connectivity index (χ0v) is 20.0. The first-order chi connectivity index (χ1) is 15.7. The number of hydrazone groups is 1. The average Bonchev–Trinajstić information content (AvgIpc) is 3.26. The van der Waals surface area contributed by atoms with E-state index in [4.69, 9.17) is 0 Å². The van der Waals surface area contributed by atoms with Crippen LogP contribution in [0.25, 0.3) is 0 Å². The van der Waals surface area contributed by atoms with Crippen LogP contribution in [0.4, 0.5) is 5.69 Å². The molecule has 3 aromatic rings. The minimum absolute atomic E-state index is 0.0752. The lowest BCUT2D eigenvalue weighted by atomic mass is 9.95. The summed E-state index contributed by atoms with van der Waals surface area (Å²) in [5.41, 5.74) is 3.23. The Balaban J connectivity index is 1.84. The van der Waals surface area contributed by atoms with E-state index in [1.807, 2.05) is 31.2 Å². The number of nitrogens with zero attached hydrogens (tertiary/aromatic N) is 2. The fourth-order valence-electron chi connectivity index (χ4n) is 3.83. The maximum atomic E-state index is 13.6. The highest BCUT2D eigenvalue weighted by atomic mass is 32.2. The van der Waals surface area contributed by atoms with Crippen LogP contribution in [0, 0.1) is 6.92 Å². The van der Waals surface area contributed by atoms with Gasteiger partial charge >= 0.3 is 0 Å². The molecule has 1 aliphatic heterocycles. The van der Waals surface area contributed by atoms with Gasteiger partial charge in [0.1, 0.15) is 0 Å². The van der Waals surface area contributed by atoms with E-state index in [9.17, 15) is 16.8 Å². The fourth-order valence-corrected chi connectivity index (χ4v) is 5.93. The first-order valence-corrected chi connectivity index (χ1v) is 13.6. The summed E-state index contributed by atoms with van der Waals surface area (Å²) in [6, 6.07) is 22.1. The van der Waals surface area contributed by atoms with E-state index in [2.05, 4.69) is 9.82 Å². The molecule has 4 rings (SSSR count). The highest BCUT2D eigenvalue weighted by molar-refractivity contribution is 7.92. The molecule has 33 heavy (non-hydrogen) atoms. The SMILES string of the molecule is CCS(=O)(=O)Nc1ccccc1C1=NN(S(=O)(=O)c2ccccc2)[C@@H](c2ccccc2C)C1. The Morgan fingerprint density at radius 3 is 2.24 bits per heavy atom. The molecule has 1 N–H and O–H groups in total. The number of benzene rings is 3. The largest absolute Gasteiger partial charge is 0.283 e. The molecule has 7 nitrogen and oxygen atoms in total. The number of hydrogen-bond acceptors (Lipinski definition) is 5. The Labute approximate surface area is 194 Å². The van der Waals surface area contributed by atoms with E-state index in [1.54, 1.807) is 61.5 Å². The first-order valence-electron chi connectivity index (χ1n) is 10.6. The quantitative estimate of drug-likeness (QED) is 0.542. The molecule has 0 saturated carbocycles. The average molecular weight is 484 g/mol. The van der Waals surface area contributed by atoms with Crippen LogP contribution in [0.2, 0.25) is 0 Å². The lowest BCUT2D eigenvalue weighted by Crippen LogP contribution is -2.27. The van der Waals surface area contributed by atoms with Crippen LogP contribution in [0.1, 0.15) is 36.1 Å². The van der Waals surface area contributed by atoms with Gasteiger partial charge in [-0.25, -0.2) is 8.42 Å². The van der Waals surface area contributed by atoms with Gasteiger partial charge in [0.25, 0.3) is 10.0 Å². The summed E-state index contributed by atoms with van der Waals surface area (Å²) in [7, 11) is -7.46. The van der Waals surface area contributed by atoms with Crippen LogP contribution in [0.15, 0.2) is 88.9 Å². The van der Waals surface area contributed by atoms with Crippen molar-refractivity contribution in [2.75, 3.05) is 10.5 Å². The molecule has 0 amide bonds. The Kier molecular flexibility index (Phi) is 6.27. The number of hydrogen-bond donors (Lipinski definition) is 1. The van der Waals surface area contributed by atoms with Crippen LogP contribution in [-0.2, 0) is 20.0 Å². The topological polar surface area (TPSA) is 95.9 Å². The standard InChI is InChI=1S/C24H25N3O4S2/c1-3-32(28,29)26-22-16-10-9-15-21(22)23-17-24(20-14-8-7-11-18(20)2)27(25-23)33(30,31)19-12-5-4-6-13-19/h4-16,24,26H,3,17H2,1-2H3/t24-/m1/s1. The van der Waals surface area contributed by atoms with E-state index in [0.29, 0.717) is 23.4 Å². The van der Waals surface area contributed by atoms with Gasteiger partial charge < -0.3 is 0 Å². The monoisotopic (exact) mass is 483 g/mol. The number of para-hydroxylation sites is 1. The Morgan fingerprint density at radius 2 is 1.55 bits per heavy atom. The maximum Gasteiger partial charge on any atom is 0.279 e. The second-order valence-electron chi connectivity index (χ2n) is 7.76. The van der Waals surface area contributed by atoms with Crippen molar-refractivity contribution in [2.45, 2.75) is 31.2 Å². The summed E-state index contributed by atoms with van der Waals surface area (Å²) in [6.07, 6.45) is 0.307. The van der Waals surface area contributed by atoms with Gasteiger partial charge in [0.05, 0.1) is 28.1 Å². The molecular weight excluding hydrogens is 458 g/mol. The van der Waals surface area contributed by atoms with Gasteiger partial charge in [-0.2, -0.15) is 17.9 Å². The zero-order chi connectivity index (χ0) is 23.6. The molecule has 0 bridgehead atoms. The normalized spacial score (nSPS) is 16.5. The van der Waals surface area contributed by atoms with Crippen molar-refractivity contribution < 1.29 is 16.8 Å². The summed E-state index contributed by atoms with van der Waals surface area (Å²) in [5.74, 6) is -0.0752. The number of sulfonamides is 2. The molecule has 1 aliphatic rings. The van der Waals surface area contributed by atoms with Crippen molar-refractivity contribution in [3.63, 3.8) is 0 Å². The predicted molar refractivity (Wildman–Crippen MR) is 130 cm³/mol. The molecule has 0 fully saturated rings. The Morgan fingerprint density at radius 1 is 0.909 bits per heavy atom. The lowest BCUT2D eigenvalue weighted by molar-refractivity contribution is 0.370. The Hall–Kier alpha value is -3.17. The number of aryl methyl sites for hydroxylation is 1. The Bertz CT molecular complexity index is 1400. The molecule has 172 valence electrons. The van der Waals surface area contributed by atoms with E-state index >= 15 is 0 Å². The van der Waals surface area contributed by atoms with Crippen molar-refractivity contribution in [2.24, 2.45) is 5.10 Å². The predicted octanol–water partition coefficient (Wildman–Crippen LogP) is 4.30. The van der Waals surface area contributed by atoms with Crippen LogP contribution in [0.3, 0.4) is 0 Å². The van der Waals surface area contributed by atoms with Crippen LogP contribution < -0.4 is 4.72 Å². The highest BCUT2D eigenvalue weighted by Crippen LogP contribution is 2.39. The molecule has 1 heterocycles. The van der Waals surface area contributed by atoms with Gasteiger partial charge in [0.2, 0.25) is 10.0 Å². The molecule has 0 unspecified atom stereocenters. The minimum atomic E-state index is -3.94. The number of nitrogens with one attached hydrogen (secondary N) is 1. The van der Waals surface area contributed by atoms with E-state index in [-0.39, 0.29) is 10.6 Å². The summed E-state index contributed by atoms with van der Waals surface area (Å²) < 4.78 is 55.3. The molecule has 0 aromatic heterocycles. The van der Waals surface area contributed by atoms with E-state index in [0.717, 1.165) is 15.5 Å². The van der Waals surface area contributed by atoms with E-state index in [1.165, 1.54) is 0 Å². The molecule has 9 heteroatoms. The maximum absolute atomic E-state index is 13.6. The second-order valence-corrected chi connectivity index (χ2v) is 11.6. The molecule has 3 aromatic carbocycles. The summed E-state index contributed by atoms with van der Waals surface area (Å²) in [5, 5.41) is 4.55. The third kappa shape index (κ3) is 4.65. The van der Waals surface area contributed by atoms with Crippen LogP contribution in [0.5, 0.6) is 0 Å². The molecule has 0 radical (unpaired) electrons. The number of anilines is 1. The van der Waals surface area contributed by atoms with Crippen molar-refractivity contribution in [1.29, 1.82) is 0 Å². The van der Waals surface area contributed by atoms with Crippen molar-refractivity contribution in [3.05, 3.63) is 95.6 Å². The van der Waals surface area contributed by atoms with Crippen LogP contribution in [-0.4, -0.2) is 32.7 Å². The molecule has 0 aliphatic carbocycles. The summed E-state index contributed by atoms with van der Waals surface area (Å²) in [4.78, 5) is 0.147. The highest BCUT2D eigenvalue weighted by Gasteiger charge is 2.38. The van der Waals surface area contributed by atoms with Gasteiger partial charge in [-0.05, 0) is 43.2 Å². The fraction of sp³-hybridized carbons (Fsp3) is 0.208. The molecule has 0 saturated heterocycles. The molecule has 1 atom stereocenters. The van der Waals surface area contributed by atoms with Crippen molar-refractivity contribution >= 4 is 31.4 Å². The van der Waals surface area contributed by atoms with Crippen molar-refractivity contribution in [3.8, 4) is 0 Å². The van der Waals surface area contributed by atoms with Gasteiger partial charge in [-0.1, -0.05) is 60.7 Å². The lowest BCUT2D eigenvalue weighted by Gasteiger charge is -2.24. The van der Waals surface area contributed by atoms with E-state index < -0.39 is 26.1 Å². The minimum Gasteiger partial charge on any atom is -0.283 e. The van der Waals surface area contributed by atoms with Gasteiger partial charge in [-0.3, -0.25) is 4.72 Å². The van der Waals surface area contributed by atoms with Gasteiger partial charge in [0.15, 0.2) is 0 Å². The first kappa shape index (κ1) is 23.0. The van der Waals surface area contributed by atoms with Crippen LogP contribution >= 0.6 is 0 Å². The second kappa shape index (κ2) is 8.99. The number of rotatable bonds is 7. The van der Waals surface area contributed by atoms with Gasteiger partial charge in [0, 0.05) is 12.0 Å². The molecule has 0 spiro atoms. The smallest absolute Gasteiger partial charge is 0.279 e. The van der Waals surface area contributed by atoms with Crippen molar-refractivity contribution in [1.82, 2.24) is 4.41 Å². The third-order valence-electron chi connectivity index (χ3n) is 5.59. The molecular formula is C24H25N3O4S2. The third-order valence-corrected chi connectivity index (χ3v) is 8.58. The summed E-state index contributed by atoms with van der Waals surface area (Å²) in [6.45, 7) is 3.49. The zero-order valence-electron chi connectivity index (χ0n) is 18.3. The van der Waals surface area contributed by atoms with Gasteiger partial charge in [-0.15, -0.1) is 0 Å². The summed E-state index contributed by atoms with van der Waals surface area (Å²) >= 11 is 0.